The lowest BCUT2D eigenvalue weighted by molar-refractivity contribution is 0.0285. The molecule has 0 aliphatic carbocycles. The quantitative estimate of drug-likeness (QED) is 0.844. The van der Waals surface area contributed by atoms with Crippen molar-refractivity contribution in [2.24, 2.45) is 0 Å². The fraction of sp³-hybridized carbons (Fsp3) is 0.562. The zero-order valence-corrected chi connectivity index (χ0v) is 15.3. The number of hydrogen-bond acceptors (Lipinski definition) is 5. The van der Waals surface area contributed by atoms with Gasteiger partial charge in [-0.1, -0.05) is 13.3 Å². The fourth-order valence-corrected chi connectivity index (χ4v) is 3.97. The summed E-state index contributed by atoms with van der Waals surface area (Å²) >= 11 is 0. The third-order valence-corrected chi connectivity index (χ3v) is 5.49. The molecule has 0 saturated carbocycles. The summed E-state index contributed by atoms with van der Waals surface area (Å²) in [6.07, 6.45) is 1.40. The van der Waals surface area contributed by atoms with Gasteiger partial charge in [-0.2, -0.15) is 0 Å². The van der Waals surface area contributed by atoms with Crippen molar-refractivity contribution < 1.29 is 23.1 Å². The normalized spacial score (nSPS) is 17.0. The van der Waals surface area contributed by atoms with E-state index in [0.29, 0.717) is 12.2 Å². The molecule has 1 aromatic carbocycles. The van der Waals surface area contributed by atoms with Crippen LogP contribution in [-0.2, 0) is 10.0 Å². The summed E-state index contributed by atoms with van der Waals surface area (Å²) in [5.74, 6) is 0.396. The van der Waals surface area contributed by atoms with Crippen LogP contribution in [0.4, 0.5) is 10.5 Å². The maximum Gasteiger partial charge on any atom is 0.338 e. The second kappa shape index (κ2) is 6.60. The number of anilines is 1. The van der Waals surface area contributed by atoms with Crippen LogP contribution in [0.1, 0.15) is 33.6 Å². The van der Waals surface area contributed by atoms with Crippen LogP contribution in [0.2, 0.25) is 0 Å². The Morgan fingerprint density at radius 2 is 1.96 bits per heavy atom. The van der Waals surface area contributed by atoms with Crippen LogP contribution >= 0.6 is 0 Å². The lowest BCUT2D eigenvalue weighted by atomic mass is 10.2. The van der Waals surface area contributed by atoms with Crippen LogP contribution in [0.15, 0.2) is 23.1 Å². The van der Waals surface area contributed by atoms with Crippen molar-refractivity contribution in [1.82, 2.24) is 4.31 Å². The summed E-state index contributed by atoms with van der Waals surface area (Å²) in [6, 6.07) is 3.90. The van der Waals surface area contributed by atoms with Crippen molar-refractivity contribution in [3.63, 3.8) is 0 Å². The van der Waals surface area contributed by atoms with E-state index in [1.54, 1.807) is 13.8 Å². The number of unbranched alkanes of at least 4 members (excludes halogenated alkanes) is 1. The monoisotopic (exact) mass is 356 g/mol. The third-order valence-electron chi connectivity index (χ3n) is 3.67. The van der Waals surface area contributed by atoms with Gasteiger partial charge in [0.25, 0.3) is 10.0 Å². The summed E-state index contributed by atoms with van der Waals surface area (Å²) in [6.45, 7) is 5.37. The molecular formula is C16H24N2O5S. The van der Waals surface area contributed by atoms with Crippen LogP contribution in [-0.4, -0.2) is 49.7 Å². The Kier molecular flexibility index (Phi) is 5.10. The summed E-state index contributed by atoms with van der Waals surface area (Å²) in [5.41, 5.74) is -0.735. The van der Waals surface area contributed by atoms with Crippen molar-refractivity contribution in [3.05, 3.63) is 18.2 Å². The molecule has 1 N–H and O–H groups in total. The fourth-order valence-electron chi connectivity index (χ4n) is 2.34. The van der Waals surface area contributed by atoms with Gasteiger partial charge in [-0.05, 0) is 32.4 Å². The molecule has 0 aromatic heterocycles. The minimum Gasteiger partial charge on any atom is -0.491 e. The Bertz CT molecular complexity index is 724. The average molecular weight is 356 g/mol. The molecular weight excluding hydrogens is 332 g/mol. The molecule has 24 heavy (non-hydrogen) atoms. The summed E-state index contributed by atoms with van der Waals surface area (Å²) in [4.78, 5) is 13.8. The van der Waals surface area contributed by atoms with Crippen LogP contribution in [0.3, 0.4) is 0 Å². The van der Waals surface area contributed by atoms with Gasteiger partial charge in [0.2, 0.25) is 0 Å². The molecule has 1 heterocycles. The molecule has 0 radical (unpaired) electrons. The molecule has 1 aromatic rings. The predicted molar refractivity (Wildman–Crippen MR) is 90.8 cm³/mol. The maximum atomic E-state index is 12.7. The lowest BCUT2D eigenvalue weighted by Gasteiger charge is -2.34. The van der Waals surface area contributed by atoms with Gasteiger partial charge >= 0.3 is 6.03 Å². The van der Waals surface area contributed by atoms with Gasteiger partial charge in [-0.25, -0.2) is 17.5 Å². The Labute approximate surface area is 142 Å². The first-order valence-corrected chi connectivity index (χ1v) is 9.31. The van der Waals surface area contributed by atoms with Gasteiger partial charge in [0, 0.05) is 19.7 Å². The lowest BCUT2D eigenvalue weighted by Crippen LogP contribution is -2.49. The summed E-state index contributed by atoms with van der Waals surface area (Å²) < 4.78 is 31.8. The minimum atomic E-state index is -3.86. The number of urea groups is 1. The van der Waals surface area contributed by atoms with Crippen LogP contribution in [0.25, 0.3) is 0 Å². The second-order valence-electron chi connectivity index (χ2n) is 6.50. The number of carbonyl (C=O) groups excluding carboxylic acids is 1. The Hall–Kier alpha value is -1.80. The molecule has 2 amide bonds. The largest absolute Gasteiger partial charge is 0.491 e. The molecule has 0 bridgehead atoms. The predicted octanol–water partition coefficient (Wildman–Crippen LogP) is 2.20. The van der Waals surface area contributed by atoms with E-state index in [-0.39, 0.29) is 23.7 Å². The van der Waals surface area contributed by atoms with E-state index < -0.39 is 21.7 Å². The van der Waals surface area contributed by atoms with Gasteiger partial charge < -0.3 is 9.84 Å². The zero-order valence-electron chi connectivity index (χ0n) is 14.4. The standard InChI is InChI=1S/C16H24N2O5S/c1-5-6-9-18-15(19)17(4)13-10-12(23-11-16(2,3)20)7-8-14(13)24(18,21)22/h7-8,10,20H,5-6,9,11H2,1-4H3. The van der Waals surface area contributed by atoms with E-state index >= 15 is 0 Å². The van der Waals surface area contributed by atoms with Crippen molar-refractivity contribution in [2.75, 3.05) is 25.1 Å². The number of ether oxygens (including phenoxy) is 1. The molecule has 0 unspecified atom stereocenters. The van der Waals surface area contributed by atoms with Crippen molar-refractivity contribution in [3.8, 4) is 5.75 Å². The molecule has 1 aliphatic rings. The van der Waals surface area contributed by atoms with Gasteiger partial charge in [0.1, 0.15) is 17.3 Å². The molecule has 0 saturated heterocycles. The highest BCUT2D eigenvalue weighted by atomic mass is 32.2. The average Bonchev–Trinajstić information content (AvgIpc) is 2.50. The van der Waals surface area contributed by atoms with E-state index in [0.717, 1.165) is 10.7 Å². The Balaban J connectivity index is 2.38. The smallest absolute Gasteiger partial charge is 0.338 e. The summed E-state index contributed by atoms with van der Waals surface area (Å²) in [5, 5.41) is 9.72. The Morgan fingerprint density at radius 3 is 2.54 bits per heavy atom. The van der Waals surface area contributed by atoms with E-state index in [4.69, 9.17) is 4.74 Å². The maximum absolute atomic E-state index is 12.7. The molecule has 134 valence electrons. The van der Waals surface area contributed by atoms with Crippen LogP contribution < -0.4 is 9.64 Å². The van der Waals surface area contributed by atoms with E-state index in [9.17, 15) is 18.3 Å². The number of rotatable bonds is 6. The first kappa shape index (κ1) is 18.5. The molecule has 0 spiro atoms. The SMILES string of the molecule is CCCCN1C(=O)N(C)c2cc(OCC(C)(C)O)ccc2S1(=O)=O. The highest BCUT2D eigenvalue weighted by Crippen LogP contribution is 2.36. The van der Waals surface area contributed by atoms with Crippen LogP contribution in [0.5, 0.6) is 5.75 Å². The molecule has 2 rings (SSSR count). The number of carbonyl (C=O) groups is 1. The van der Waals surface area contributed by atoms with Gasteiger partial charge in [0.15, 0.2) is 0 Å². The molecule has 1 aliphatic heterocycles. The van der Waals surface area contributed by atoms with E-state index in [1.165, 1.54) is 30.1 Å². The van der Waals surface area contributed by atoms with Crippen molar-refractivity contribution in [2.45, 2.75) is 44.1 Å². The number of benzene rings is 1. The highest BCUT2D eigenvalue weighted by molar-refractivity contribution is 7.90. The van der Waals surface area contributed by atoms with Gasteiger partial charge in [0.05, 0.1) is 11.3 Å². The van der Waals surface area contributed by atoms with E-state index in [2.05, 4.69) is 0 Å². The molecule has 0 atom stereocenters. The first-order valence-electron chi connectivity index (χ1n) is 7.87. The first-order chi connectivity index (χ1) is 11.1. The molecule has 0 fully saturated rings. The summed E-state index contributed by atoms with van der Waals surface area (Å²) in [7, 11) is -2.32. The molecule has 8 heteroatoms. The number of hydrogen-bond donors (Lipinski definition) is 1. The second-order valence-corrected chi connectivity index (χ2v) is 8.33. The van der Waals surface area contributed by atoms with Crippen molar-refractivity contribution >= 4 is 21.7 Å². The third kappa shape index (κ3) is 3.64. The number of aliphatic hydroxyl groups is 1. The molecule has 7 nitrogen and oxygen atoms in total. The highest BCUT2D eigenvalue weighted by Gasteiger charge is 2.39. The topological polar surface area (TPSA) is 87.2 Å². The number of amides is 2. The number of nitrogens with zero attached hydrogens (tertiary/aromatic N) is 2. The van der Waals surface area contributed by atoms with Crippen LogP contribution in [0, 0.1) is 0 Å². The van der Waals surface area contributed by atoms with Crippen molar-refractivity contribution in [1.29, 1.82) is 0 Å². The number of sulfonamides is 1. The van der Waals surface area contributed by atoms with Gasteiger partial charge in [-0.15, -0.1) is 0 Å². The zero-order chi connectivity index (χ0) is 18.1. The minimum absolute atomic E-state index is 0.0544. The number of fused-ring (bicyclic) bond motifs is 1. The van der Waals surface area contributed by atoms with E-state index in [1.807, 2.05) is 6.92 Å². The Morgan fingerprint density at radius 1 is 1.29 bits per heavy atom. The van der Waals surface area contributed by atoms with Gasteiger partial charge in [-0.3, -0.25) is 4.90 Å².